The topological polar surface area (TPSA) is 41.5 Å². The summed E-state index contributed by atoms with van der Waals surface area (Å²) in [6, 6.07) is 7.40. The lowest BCUT2D eigenvalue weighted by Crippen LogP contribution is -2.41. The van der Waals surface area contributed by atoms with Crippen molar-refractivity contribution < 1.29 is 9.18 Å². The van der Waals surface area contributed by atoms with E-state index in [9.17, 15) is 9.18 Å². The number of fused-ring (bicyclic) bond motifs is 1. The van der Waals surface area contributed by atoms with Crippen molar-refractivity contribution in [2.45, 2.75) is 56.5 Å². The summed E-state index contributed by atoms with van der Waals surface area (Å²) < 4.78 is 14.1. The van der Waals surface area contributed by atoms with Crippen LogP contribution in [0.4, 0.5) is 4.39 Å². The van der Waals surface area contributed by atoms with Crippen LogP contribution < -0.4 is 5.32 Å². The number of carbonyl (C=O) groups excluding carboxylic acids is 1. The first-order valence-electron chi connectivity index (χ1n) is 8.53. The molecule has 0 bridgehead atoms. The predicted octanol–water partition coefficient (Wildman–Crippen LogP) is 3.51. The van der Waals surface area contributed by atoms with Crippen molar-refractivity contribution in [3.63, 3.8) is 0 Å². The molecular weight excluding hydrogens is 291 g/mol. The average Bonchev–Trinajstić information content (AvgIpc) is 2.74. The Hall–Kier alpha value is -1.97. The molecule has 1 saturated carbocycles. The first-order chi connectivity index (χ1) is 11.2. The van der Waals surface area contributed by atoms with E-state index in [4.69, 9.17) is 0 Å². The summed E-state index contributed by atoms with van der Waals surface area (Å²) in [6.07, 6.45) is 7.42. The quantitative estimate of drug-likeness (QED) is 0.862. The number of carbonyl (C=O) groups is 1. The SMILES string of the molecule is O=C1C[C@H](c2ccccc2F)CC2=C1C=N[C@@H]1CCCC[C@H]1N2. The van der Waals surface area contributed by atoms with Crippen molar-refractivity contribution in [3.05, 3.63) is 46.9 Å². The fourth-order valence-corrected chi connectivity index (χ4v) is 4.10. The van der Waals surface area contributed by atoms with Crippen molar-refractivity contribution in [1.82, 2.24) is 5.32 Å². The Balaban J connectivity index is 1.64. The summed E-state index contributed by atoms with van der Waals surface area (Å²) in [5.74, 6) is -0.218. The fraction of sp³-hybridized carbons (Fsp3) is 0.474. The largest absolute Gasteiger partial charge is 0.383 e. The number of ketones is 1. The second-order valence-electron chi connectivity index (χ2n) is 6.82. The number of nitrogens with zero attached hydrogens (tertiary/aromatic N) is 1. The minimum atomic E-state index is -0.216. The number of aliphatic imine (C=N–C) groups is 1. The molecule has 1 aromatic carbocycles. The van der Waals surface area contributed by atoms with E-state index in [-0.39, 0.29) is 23.6 Å². The van der Waals surface area contributed by atoms with E-state index in [1.54, 1.807) is 18.3 Å². The molecule has 3 atom stereocenters. The summed E-state index contributed by atoms with van der Waals surface area (Å²) in [5.41, 5.74) is 2.33. The number of nitrogens with one attached hydrogen (secondary N) is 1. The molecule has 1 N–H and O–H groups in total. The summed E-state index contributed by atoms with van der Waals surface area (Å²) >= 11 is 0. The van der Waals surface area contributed by atoms with Crippen LogP contribution in [0.25, 0.3) is 0 Å². The number of Topliss-reactive ketones (excluding diaryl/α,β-unsaturated/α-hetero) is 1. The highest BCUT2D eigenvalue weighted by Gasteiger charge is 2.34. The van der Waals surface area contributed by atoms with E-state index in [1.165, 1.54) is 18.9 Å². The van der Waals surface area contributed by atoms with Crippen LogP contribution in [-0.4, -0.2) is 24.1 Å². The second kappa shape index (κ2) is 5.91. The van der Waals surface area contributed by atoms with Crippen LogP contribution >= 0.6 is 0 Å². The Labute approximate surface area is 135 Å². The third kappa shape index (κ3) is 2.71. The van der Waals surface area contributed by atoms with Gasteiger partial charge in [0.1, 0.15) is 5.82 Å². The molecule has 3 aliphatic rings. The van der Waals surface area contributed by atoms with Gasteiger partial charge in [-0.05, 0) is 36.8 Å². The van der Waals surface area contributed by atoms with Crippen LogP contribution in [0.5, 0.6) is 0 Å². The van der Waals surface area contributed by atoms with E-state index in [0.29, 0.717) is 30.0 Å². The minimum absolute atomic E-state index is 0.0781. The van der Waals surface area contributed by atoms with Crippen LogP contribution in [0.3, 0.4) is 0 Å². The molecule has 0 unspecified atom stereocenters. The number of hydrogen-bond donors (Lipinski definition) is 1. The van der Waals surface area contributed by atoms with Crippen LogP contribution in [-0.2, 0) is 4.79 Å². The molecule has 23 heavy (non-hydrogen) atoms. The Bertz CT molecular complexity index is 694. The molecule has 2 aliphatic carbocycles. The zero-order valence-corrected chi connectivity index (χ0v) is 13.1. The van der Waals surface area contributed by atoms with Gasteiger partial charge in [-0.2, -0.15) is 0 Å². The van der Waals surface area contributed by atoms with E-state index in [0.717, 1.165) is 18.5 Å². The Kier molecular flexibility index (Phi) is 3.76. The van der Waals surface area contributed by atoms with Crippen molar-refractivity contribution >= 4 is 12.0 Å². The van der Waals surface area contributed by atoms with Gasteiger partial charge < -0.3 is 5.32 Å². The first kappa shape index (κ1) is 14.6. The monoisotopic (exact) mass is 312 g/mol. The van der Waals surface area contributed by atoms with Crippen LogP contribution in [0.15, 0.2) is 40.5 Å². The molecule has 0 saturated heterocycles. The van der Waals surface area contributed by atoms with Gasteiger partial charge in [-0.1, -0.05) is 31.0 Å². The highest BCUT2D eigenvalue weighted by atomic mass is 19.1. The Morgan fingerprint density at radius 1 is 1.13 bits per heavy atom. The molecule has 3 nitrogen and oxygen atoms in total. The highest BCUT2D eigenvalue weighted by Crippen LogP contribution is 2.36. The number of halogens is 1. The van der Waals surface area contributed by atoms with E-state index in [2.05, 4.69) is 10.3 Å². The Morgan fingerprint density at radius 2 is 1.96 bits per heavy atom. The number of rotatable bonds is 1. The lowest BCUT2D eigenvalue weighted by atomic mass is 9.81. The van der Waals surface area contributed by atoms with Gasteiger partial charge in [0.2, 0.25) is 0 Å². The first-order valence-corrected chi connectivity index (χ1v) is 8.53. The number of allylic oxidation sites excluding steroid dienone is 2. The summed E-state index contributed by atoms with van der Waals surface area (Å²) in [4.78, 5) is 17.2. The smallest absolute Gasteiger partial charge is 0.166 e. The molecule has 1 fully saturated rings. The van der Waals surface area contributed by atoms with Crippen molar-refractivity contribution in [3.8, 4) is 0 Å². The average molecular weight is 312 g/mol. The lowest BCUT2D eigenvalue weighted by Gasteiger charge is -2.32. The maximum atomic E-state index is 14.1. The molecule has 1 aromatic rings. The molecule has 1 heterocycles. The van der Waals surface area contributed by atoms with Gasteiger partial charge in [0.25, 0.3) is 0 Å². The third-order valence-electron chi connectivity index (χ3n) is 5.34. The third-order valence-corrected chi connectivity index (χ3v) is 5.34. The van der Waals surface area contributed by atoms with Crippen LogP contribution in [0.2, 0.25) is 0 Å². The normalized spacial score (nSPS) is 30.3. The van der Waals surface area contributed by atoms with Gasteiger partial charge >= 0.3 is 0 Å². The van der Waals surface area contributed by atoms with Gasteiger partial charge in [0.05, 0.1) is 11.6 Å². The molecule has 0 radical (unpaired) electrons. The van der Waals surface area contributed by atoms with E-state index in [1.807, 2.05) is 6.07 Å². The Morgan fingerprint density at radius 3 is 2.83 bits per heavy atom. The molecule has 4 rings (SSSR count). The van der Waals surface area contributed by atoms with Crippen molar-refractivity contribution in [2.75, 3.05) is 0 Å². The van der Waals surface area contributed by atoms with Crippen molar-refractivity contribution in [2.24, 2.45) is 4.99 Å². The van der Waals surface area contributed by atoms with Gasteiger partial charge in [-0.25, -0.2) is 4.39 Å². The maximum Gasteiger partial charge on any atom is 0.166 e. The van der Waals surface area contributed by atoms with E-state index >= 15 is 0 Å². The fourth-order valence-electron chi connectivity index (χ4n) is 4.10. The van der Waals surface area contributed by atoms with Gasteiger partial charge in [-0.15, -0.1) is 0 Å². The zero-order chi connectivity index (χ0) is 15.8. The number of hydrogen-bond acceptors (Lipinski definition) is 3. The molecule has 4 heteroatoms. The highest BCUT2D eigenvalue weighted by molar-refractivity contribution is 6.15. The van der Waals surface area contributed by atoms with Gasteiger partial charge in [0, 0.05) is 24.4 Å². The summed E-state index contributed by atoms with van der Waals surface area (Å²) in [5, 5.41) is 3.58. The lowest BCUT2D eigenvalue weighted by molar-refractivity contribution is -0.115. The minimum Gasteiger partial charge on any atom is -0.383 e. The van der Waals surface area contributed by atoms with Crippen LogP contribution in [0, 0.1) is 5.82 Å². The molecule has 0 amide bonds. The molecular formula is C19H21FN2O. The maximum absolute atomic E-state index is 14.1. The second-order valence-corrected chi connectivity index (χ2v) is 6.82. The van der Waals surface area contributed by atoms with Crippen molar-refractivity contribution in [1.29, 1.82) is 0 Å². The standard InChI is InChI=1S/C19H21FN2O/c20-15-6-2-1-5-13(15)12-9-18-14(19(23)10-12)11-21-16-7-3-4-8-17(16)22-18/h1-2,5-6,11-12,16-17,22H,3-4,7-10H2/t12-,16-,17-/m1/s1. The van der Waals surface area contributed by atoms with E-state index < -0.39 is 0 Å². The van der Waals surface area contributed by atoms with Gasteiger partial charge in [0.15, 0.2) is 5.78 Å². The number of benzene rings is 1. The molecule has 0 spiro atoms. The van der Waals surface area contributed by atoms with Gasteiger partial charge in [-0.3, -0.25) is 9.79 Å². The zero-order valence-electron chi connectivity index (χ0n) is 13.1. The summed E-state index contributed by atoms with van der Waals surface area (Å²) in [6.45, 7) is 0. The molecule has 120 valence electrons. The predicted molar refractivity (Wildman–Crippen MR) is 88.1 cm³/mol. The molecule has 0 aromatic heterocycles. The molecule has 1 aliphatic heterocycles. The van der Waals surface area contributed by atoms with Crippen LogP contribution in [0.1, 0.15) is 50.0 Å². The summed E-state index contributed by atoms with van der Waals surface area (Å²) in [7, 11) is 0.